The highest BCUT2D eigenvalue weighted by Crippen LogP contribution is 2.21. The molecule has 7 atom stereocenters. The molecule has 10 amide bonds. The summed E-state index contributed by atoms with van der Waals surface area (Å²) in [5, 5.41) is 15.8. The largest absolute Gasteiger partial charge is 0.494 e. The molecule has 25 heteroatoms. The lowest BCUT2D eigenvalue weighted by Gasteiger charge is -2.31. The molecule has 18 N–H and O–H groups in total. The second-order valence-corrected chi connectivity index (χ2v) is 19.1. The van der Waals surface area contributed by atoms with Crippen LogP contribution in [0.3, 0.4) is 0 Å². The van der Waals surface area contributed by atoms with Crippen LogP contribution in [-0.2, 0) is 67.2 Å². The van der Waals surface area contributed by atoms with Crippen molar-refractivity contribution in [2.45, 2.75) is 133 Å². The number of aliphatic imine (C=N–C) groups is 1. The van der Waals surface area contributed by atoms with Crippen molar-refractivity contribution in [3.63, 3.8) is 0 Å². The van der Waals surface area contributed by atoms with E-state index in [1.54, 1.807) is 84.9 Å². The first-order chi connectivity index (χ1) is 37.8. The minimum atomic E-state index is -1.75. The molecule has 1 heterocycles. The lowest BCUT2D eigenvalue weighted by molar-refractivity contribution is -0.142. The van der Waals surface area contributed by atoms with Crippen molar-refractivity contribution >= 4 is 65.0 Å². The Morgan fingerprint density at radius 1 is 0.595 bits per heavy atom. The number of ether oxygens (including phenoxy) is 1. The number of carbonyl (C=O) groups is 10. The minimum Gasteiger partial charge on any atom is -0.494 e. The quantitative estimate of drug-likeness (QED) is 0.0172. The summed E-state index contributed by atoms with van der Waals surface area (Å²) in [5.41, 5.74) is 35.1. The summed E-state index contributed by atoms with van der Waals surface area (Å²) < 4.78 is 5.57. The maximum absolute atomic E-state index is 14.5. The molecule has 25 nitrogen and oxygen atoms in total. The monoisotopic (exact) mass is 1100 g/mol. The van der Waals surface area contributed by atoms with Crippen LogP contribution in [0.15, 0.2) is 89.9 Å². The number of nitrogens with zero attached hydrogens (tertiary/aromatic N) is 2. The number of unbranched alkanes of at least 4 members (excludes halogenated alkanes) is 1. The Bertz CT molecular complexity index is 2570. The molecule has 4 rings (SSSR count). The number of nitrogens with two attached hydrogens (primary N) is 6. The van der Waals surface area contributed by atoms with Gasteiger partial charge in [0.15, 0.2) is 5.96 Å². The Hall–Kier alpha value is -8.61. The van der Waals surface area contributed by atoms with Crippen LogP contribution >= 0.6 is 0 Å². The minimum absolute atomic E-state index is 0.000150. The summed E-state index contributed by atoms with van der Waals surface area (Å²) in [6, 6.07) is 14.9. The van der Waals surface area contributed by atoms with E-state index >= 15 is 0 Å². The van der Waals surface area contributed by atoms with Gasteiger partial charge < -0.3 is 75.9 Å². The van der Waals surface area contributed by atoms with Crippen molar-refractivity contribution in [1.29, 1.82) is 0 Å². The average Bonchev–Trinajstić information content (AvgIpc) is 3.92. The van der Waals surface area contributed by atoms with Crippen molar-refractivity contribution in [1.82, 2.24) is 36.8 Å². The van der Waals surface area contributed by atoms with Crippen LogP contribution in [0.5, 0.6) is 5.75 Å². The van der Waals surface area contributed by atoms with E-state index in [0.717, 1.165) is 0 Å². The van der Waals surface area contributed by atoms with Gasteiger partial charge in [-0.15, -0.1) is 0 Å². The van der Waals surface area contributed by atoms with Crippen LogP contribution in [0.2, 0.25) is 0 Å². The molecular weight excluding hydrogens is 1020 g/mol. The van der Waals surface area contributed by atoms with Gasteiger partial charge in [-0.1, -0.05) is 72.8 Å². The van der Waals surface area contributed by atoms with Gasteiger partial charge in [0.25, 0.3) is 0 Å². The van der Waals surface area contributed by atoms with E-state index in [4.69, 9.17) is 39.1 Å². The second kappa shape index (κ2) is 32.9. The third-order valence-electron chi connectivity index (χ3n) is 12.8. The van der Waals surface area contributed by atoms with E-state index in [2.05, 4.69) is 36.9 Å². The Labute approximate surface area is 458 Å². The molecule has 0 radical (unpaired) electrons. The first-order valence-corrected chi connectivity index (χ1v) is 26.3. The van der Waals surface area contributed by atoms with Gasteiger partial charge >= 0.3 is 0 Å². The molecule has 1 fully saturated rings. The maximum Gasteiger partial charge on any atom is 0.245 e. The topological polar surface area (TPSA) is 424 Å². The normalized spacial score (nSPS) is 15.1. The molecule has 0 aromatic heterocycles. The highest BCUT2D eigenvalue weighted by molar-refractivity contribution is 5.99. The van der Waals surface area contributed by atoms with Gasteiger partial charge in [-0.25, -0.2) is 0 Å². The summed E-state index contributed by atoms with van der Waals surface area (Å²) >= 11 is 0. The van der Waals surface area contributed by atoms with Crippen LogP contribution in [0.4, 0.5) is 0 Å². The number of amides is 10. The van der Waals surface area contributed by atoms with E-state index in [1.807, 2.05) is 6.92 Å². The zero-order valence-corrected chi connectivity index (χ0v) is 44.5. The molecule has 3 aromatic rings. The number of guanidine groups is 1. The summed E-state index contributed by atoms with van der Waals surface area (Å²) in [6.45, 7) is 2.78. The number of rotatable bonds is 34. The predicted molar refractivity (Wildman–Crippen MR) is 292 cm³/mol. The van der Waals surface area contributed by atoms with Gasteiger partial charge in [0.2, 0.25) is 59.1 Å². The molecular formula is C54H76N14O11. The van der Waals surface area contributed by atoms with E-state index in [1.165, 1.54) is 4.90 Å². The highest BCUT2D eigenvalue weighted by Gasteiger charge is 2.40. The van der Waals surface area contributed by atoms with E-state index in [9.17, 15) is 47.9 Å². The fourth-order valence-corrected chi connectivity index (χ4v) is 8.78. The molecule has 1 aliphatic rings. The summed E-state index contributed by atoms with van der Waals surface area (Å²) in [5.74, 6) is -7.82. The SMILES string of the molecule is CCOc1ccc(C[C@@H](NC(=O)Cc2ccccc2)C(=O)N[C@@H](Cc2ccccc2)C(=O)N[C@@H](CCC(N)=O)C(=O)N[C@@H](CC(N)=O)C(=O)N[C@@H](CCCCN)C(=O)N2CCC[C@@H]2C(=O)N[C@@H](CCCN=C(N)N)C(N)=O)cc1. The number of likely N-dealkylation sites (tertiary alicyclic amines) is 1. The smallest absolute Gasteiger partial charge is 0.245 e. The van der Waals surface area contributed by atoms with Crippen LogP contribution in [0.1, 0.15) is 87.8 Å². The third kappa shape index (κ3) is 22.1. The molecule has 0 bridgehead atoms. The van der Waals surface area contributed by atoms with Crippen LogP contribution in [0, 0.1) is 0 Å². The zero-order chi connectivity index (χ0) is 57.9. The van der Waals surface area contributed by atoms with Gasteiger partial charge in [0.05, 0.1) is 19.4 Å². The van der Waals surface area contributed by atoms with Crippen LogP contribution in [-0.4, -0.2) is 138 Å². The van der Waals surface area contributed by atoms with Gasteiger partial charge in [0, 0.05) is 32.4 Å². The Kier molecular flexibility index (Phi) is 26.2. The Morgan fingerprint density at radius 2 is 1.14 bits per heavy atom. The number of carbonyl (C=O) groups excluding carboxylic acids is 10. The van der Waals surface area contributed by atoms with Crippen LogP contribution in [0.25, 0.3) is 0 Å². The van der Waals surface area contributed by atoms with E-state index < -0.39 is 121 Å². The number of nitrogens with one attached hydrogen (secondary N) is 6. The first-order valence-electron chi connectivity index (χ1n) is 26.3. The summed E-state index contributed by atoms with van der Waals surface area (Å²) in [7, 11) is 0. The van der Waals surface area contributed by atoms with E-state index in [-0.39, 0.29) is 64.1 Å². The second-order valence-electron chi connectivity index (χ2n) is 19.1. The first kappa shape index (κ1) is 62.9. The molecule has 1 aliphatic heterocycles. The maximum atomic E-state index is 14.5. The summed E-state index contributed by atoms with van der Waals surface area (Å²) in [4.78, 5) is 141. The average molecular weight is 1100 g/mol. The van der Waals surface area contributed by atoms with Crippen LogP contribution < -0.4 is 71.0 Å². The molecule has 428 valence electrons. The van der Waals surface area contributed by atoms with Gasteiger partial charge in [-0.3, -0.25) is 52.9 Å². The number of hydrogen-bond acceptors (Lipinski definition) is 13. The predicted octanol–water partition coefficient (Wildman–Crippen LogP) is -2.18. The van der Waals surface area contributed by atoms with Gasteiger partial charge in [-0.05, 0) is 93.7 Å². The van der Waals surface area contributed by atoms with Gasteiger partial charge in [-0.2, -0.15) is 0 Å². The third-order valence-corrected chi connectivity index (χ3v) is 12.8. The van der Waals surface area contributed by atoms with Crippen molar-refractivity contribution in [3.05, 3.63) is 102 Å². The molecule has 0 unspecified atom stereocenters. The molecule has 0 saturated carbocycles. The van der Waals surface area contributed by atoms with E-state index in [0.29, 0.717) is 54.7 Å². The summed E-state index contributed by atoms with van der Waals surface area (Å²) in [6.07, 6.45) is -0.0317. The Morgan fingerprint density at radius 3 is 1.72 bits per heavy atom. The zero-order valence-electron chi connectivity index (χ0n) is 44.5. The van der Waals surface area contributed by atoms with Gasteiger partial charge in [0.1, 0.15) is 48.0 Å². The van der Waals surface area contributed by atoms with Crippen molar-refractivity contribution in [2.24, 2.45) is 39.4 Å². The molecule has 0 spiro atoms. The molecule has 79 heavy (non-hydrogen) atoms. The molecule has 1 saturated heterocycles. The standard InChI is InChI=1S/C54H76N14O11/c1-2-79-36-22-20-35(21-23-36)30-40(62-46(71)31-34-15-7-4-8-16-34)49(74)66-41(29-33-13-5-3-6-14-33)50(75)64-38(24-25-44(56)69)48(73)67-42(32-45(57)70)51(76)65-39(17-9-10-26-55)53(78)68-28-12-19-43(68)52(77)63-37(47(58)72)18-11-27-61-54(59)60/h3-8,13-16,20-23,37-43H,2,9-12,17-19,24-32,55H2,1H3,(H2,56,69)(H2,57,70)(H2,58,72)(H,62,71)(H,63,77)(H,64,75)(H,65,76)(H,66,74)(H,67,73)(H4,59,60,61)/t37-,38-,39-,40+,41-,42-,43+/m0/s1. The molecule has 3 aromatic carbocycles. The lowest BCUT2D eigenvalue weighted by Crippen LogP contribution is -2.60. The fraction of sp³-hybridized carbons (Fsp3) is 0.463. The number of benzene rings is 3. The Balaban J connectivity index is 1.58. The van der Waals surface area contributed by atoms with Crippen molar-refractivity contribution in [3.8, 4) is 5.75 Å². The molecule has 0 aliphatic carbocycles. The fourth-order valence-electron chi connectivity index (χ4n) is 8.78. The highest BCUT2D eigenvalue weighted by atomic mass is 16.5. The lowest BCUT2D eigenvalue weighted by atomic mass is 10.0. The van der Waals surface area contributed by atoms with Crippen molar-refractivity contribution < 1.29 is 52.7 Å². The van der Waals surface area contributed by atoms with Crippen molar-refractivity contribution in [2.75, 3.05) is 26.2 Å². The number of primary amides is 3. The number of hydrogen-bond donors (Lipinski definition) is 12.